The van der Waals surface area contributed by atoms with Crippen molar-refractivity contribution in [2.45, 2.75) is 46.6 Å². The smallest absolute Gasteiger partial charge is 0.227 e. The summed E-state index contributed by atoms with van der Waals surface area (Å²) in [6, 6.07) is 7.24. The van der Waals surface area contributed by atoms with Gasteiger partial charge in [-0.3, -0.25) is 9.59 Å². The number of amides is 1. The van der Waals surface area contributed by atoms with Gasteiger partial charge >= 0.3 is 0 Å². The Balaban J connectivity index is 2.56. The van der Waals surface area contributed by atoms with Gasteiger partial charge in [-0.05, 0) is 30.0 Å². The number of carbonyl (C=O) groups excluding carboxylic acids is 2. The highest BCUT2D eigenvalue weighted by molar-refractivity contribution is 5.96. The predicted octanol–water partition coefficient (Wildman–Crippen LogP) is 2.77. The van der Waals surface area contributed by atoms with Gasteiger partial charge in [-0.25, -0.2) is 0 Å². The van der Waals surface area contributed by atoms with E-state index in [-0.39, 0.29) is 29.9 Å². The van der Waals surface area contributed by atoms with Gasteiger partial charge in [0.05, 0.1) is 6.04 Å². The van der Waals surface area contributed by atoms with Gasteiger partial charge in [0.25, 0.3) is 0 Å². The van der Waals surface area contributed by atoms with Crippen LogP contribution in [0.5, 0.6) is 0 Å². The summed E-state index contributed by atoms with van der Waals surface area (Å²) in [5, 5.41) is 2.83. The highest BCUT2D eigenvalue weighted by atomic mass is 16.2. The Bertz CT molecular complexity index is 480. The second-order valence-corrected chi connectivity index (χ2v) is 5.88. The molecule has 1 rings (SSSR count). The van der Waals surface area contributed by atoms with E-state index in [0.29, 0.717) is 0 Å². The van der Waals surface area contributed by atoms with Crippen LogP contribution in [0, 0.1) is 11.8 Å². The summed E-state index contributed by atoms with van der Waals surface area (Å²) in [4.78, 5) is 24.0. The minimum Gasteiger partial charge on any atom is -0.326 e. The van der Waals surface area contributed by atoms with Gasteiger partial charge in [0.1, 0.15) is 0 Å². The summed E-state index contributed by atoms with van der Waals surface area (Å²) in [7, 11) is 0. The van der Waals surface area contributed by atoms with Crippen LogP contribution in [0.1, 0.15) is 39.7 Å². The third-order valence-corrected chi connectivity index (χ3v) is 3.67. The zero-order chi connectivity index (χ0) is 16.0. The van der Waals surface area contributed by atoms with E-state index in [1.54, 1.807) is 6.92 Å². The molecule has 4 nitrogen and oxygen atoms in total. The molecule has 0 aliphatic carbocycles. The van der Waals surface area contributed by atoms with Crippen molar-refractivity contribution in [3.63, 3.8) is 0 Å². The molecule has 2 atom stereocenters. The molecule has 4 heteroatoms. The highest BCUT2D eigenvalue weighted by Gasteiger charge is 2.23. The molecule has 0 bridgehead atoms. The lowest BCUT2D eigenvalue weighted by Gasteiger charge is -2.17. The van der Waals surface area contributed by atoms with E-state index in [0.717, 1.165) is 12.1 Å². The second kappa shape index (κ2) is 7.93. The molecule has 1 amide bonds. The molecule has 21 heavy (non-hydrogen) atoms. The molecular weight excluding hydrogens is 264 g/mol. The number of nitrogens with one attached hydrogen (secondary N) is 1. The van der Waals surface area contributed by atoms with E-state index in [1.807, 2.05) is 38.1 Å². The Kier molecular flexibility index (Phi) is 6.56. The first kappa shape index (κ1) is 17.4. The Hall–Kier alpha value is -1.68. The summed E-state index contributed by atoms with van der Waals surface area (Å²) < 4.78 is 0. The van der Waals surface area contributed by atoms with Crippen LogP contribution in [-0.4, -0.2) is 17.7 Å². The summed E-state index contributed by atoms with van der Waals surface area (Å²) in [5.74, 6) is -0.500. The Labute approximate surface area is 127 Å². The van der Waals surface area contributed by atoms with Gasteiger partial charge in [-0.15, -0.1) is 0 Å². The lowest BCUT2D eigenvalue weighted by molar-refractivity contribution is -0.127. The molecule has 1 aromatic rings. The Morgan fingerprint density at radius 2 is 1.71 bits per heavy atom. The van der Waals surface area contributed by atoms with Gasteiger partial charge < -0.3 is 11.1 Å². The number of nitrogens with two attached hydrogens (primary N) is 1. The largest absolute Gasteiger partial charge is 0.326 e. The number of anilines is 1. The minimum atomic E-state index is -0.496. The van der Waals surface area contributed by atoms with Crippen molar-refractivity contribution in [3.05, 3.63) is 29.8 Å². The van der Waals surface area contributed by atoms with Crippen molar-refractivity contribution in [2.24, 2.45) is 17.6 Å². The summed E-state index contributed by atoms with van der Waals surface area (Å²) in [6.07, 6.45) is 1.14. The fourth-order valence-electron chi connectivity index (χ4n) is 1.99. The van der Waals surface area contributed by atoms with Crippen molar-refractivity contribution in [2.75, 3.05) is 5.32 Å². The number of benzene rings is 1. The lowest BCUT2D eigenvalue weighted by atomic mass is 9.93. The SMILES string of the molecule is CCc1ccc(NC(=O)[C@H](C)CC(=O)[C@@H](N)C(C)C)cc1. The highest BCUT2D eigenvalue weighted by Crippen LogP contribution is 2.14. The molecule has 0 unspecified atom stereocenters. The van der Waals surface area contributed by atoms with Crippen LogP contribution < -0.4 is 11.1 Å². The number of aryl methyl sites for hydroxylation is 1. The predicted molar refractivity (Wildman–Crippen MR) is 86.1 cm³/mol. The third-order valence-electron chi connectivity index (χ3n) is 3.67. The molecular formula is C17H26N2O2. The van der Waals surface area contributed by atoms with Crippen LogP contribution in [0.4, 0.5) is 5.69 Å². The number of ketones is 1. The first-order chi connectivity index (χ1) is 9.85. The van der Waals surface area contributed by atoms with Crippen LogP contribution in [0.2, 0.25) is 0 Å². The first-order valence-corrected chi connectivity index (χ1v) is 7.53. The molecule has 1 aromatic carbocycles. The number of rotatable bonds is 7. The van der Waals surface area contributed by atoms with Crippen LogP contribution in [0.25, 0.3) is 0 Å². The maximum atomic E-state index is 12.1. The fourth-order valence-corrected chi connectivity index (χ4v) is 1.99. The zero-order valence-corrected chi connectivity index (χ0v) is 13.3. The molecule has 0 radical (unpaired) electrons. The molecule has 0 spiro atoms. The quantitative estimate of drug-likeness (QED) is 0.811. The van der Waals surface area contributed by atoms with E-state index in [4.69, 9.17) is 5.73 Å². The van der Waals surface area contributed by atoms with Crippen molar-refractivity contribution >= 4 is 17.4 Å². The van der Waals surface area contributed by atoms with Crippen molar-refractivity contribution in [1.82, 2.24) is 0 Å². The molecule has 116 valence electrons. The maximum Gasteiger partial charge on any atom is 0.227 e. The van der Waals surface area contributed by atoms with Crippen LogP contribution in [-0.2, 0) is 16.0 Å². The molecule has 0 saturated carbocycles. The average Bonchev–Trinajstić information content (AvgIpc) is 2.46. The number of hydrogen-bond donors (Lipinski definition) is 2. The molecule has 0 aliphatic rings. The van der Waals surface area contributed by atoms with Crippen molar-refractivity contribution < 1.29 is 9.59 Å². The molecule has 0 heterocycles. The number of hydrogen-bond acceptors (Lipinski definition) is 3. The topological polar surface area (TPSA) is 72.2 Å². The average molecular weight is 290 g/mol. The van der Waals surface area contributed by atoms with E-state index in [9.17, 15) is 9.59 Å². The minimum absolute atomic E-state index is 0.0611. The number of carbonyl (C=O) groups is 2. The van der Waals surface area contributed by atoms with Gasteiger partial charge in [-0.1, -0.05) is 39.8 Å². The Morgan fingerprint density at radius 1 is 1.14 bits per heavy atom. The van der Waals surface area contributed by atoms with Crippen LogP contribution in [0.15, 0.2) is 24.3 Å². The third kappa shape index (κ3) is 5.31. The summed E-state index contributed by atoms with van der Waals surface area (Å²) in [6.45, 7) is 7.64. The molecule has 0 saturated heterocycles. The van der Waals surface area contributed by atoms with Gasteiger partial charge in [0.2, 0.25) is 5.91 Å². The summed E-state index contributed by atoms with van der Waals surface area (Å²) >= 11 is 0. The van der Waals surface area contributed by atoms with Gasteiger partial charge in [0.15, 0.2) is 5.78 Å². The van der Waals surface area contributed by atoms with Gasteiger partial charge in [-0.2, -0.15) is 0 Å². The number of Topliss-reactive ketones (excluding diaryl/α,β-unsaturated/α-hetero) is 1. The standard InChI is InChI=1S/C17H26N2O2/c1-5-13-6-8-14(9-7-13)19-17(21)12(4)10-15(20)16(18)11(2)3/h6-9,11-12,16H,5,10,18H2,1-4H3,(H,19,21)/t12-,16+/m1/s1. The second-order valence-electron chi connectivity index (χ2n) is 5.88. The van der Waals surface area contributed by atoms with E-state index < -0.39 is 6.04 Å². The first-order valence-electron chi connectivity index (χ1n) is 7.53. The van der Waals surface area contributed by atoms with E-state index in [2.05, 4.69) is 12.2 Å². The van der Waals surface area contributed by atoms with Crippen molar-refractivity contribution in [1.29, 1.82) is 0 Å². The molecule has 0 aromatic heterocycles. The normalized spacial score (nSPS) is 13.8. The lowest BCUT2D eigenvalue weighted by Crippen LogP contribution is -2.37. The monoisotopic (exact) mass is 290 g/mol. The maximum absolute atomic E-state index is 12.1. The molecule has 3 N–H and O–H groups in total. The Morgan fingerprint density at radius 3 is 2.19 bits per heavy atom. The molecule has 0 aliphatic heterocycles. The molecule has 0 fully saturated rings. The van der Waals surface area contributed by atoms with Gasteiger partial charge in [0, 0.05) is 18.0 Å². The van der Waals surface area contributed by atoms with Crippen LogP contribution >= 0.6 is 0 Å². The van der Waals surface area contributed by atoms with Crippen molar-refractivity contribution in [3.8, 4) is 0 Å². The summed E-state index contributed by atoms with van der Waals surface area (Å²) in [5.41, 5.74) is 7.79. The van der Waals surface area contributed by atoms with Crippen LogP contribution in [0.3, 0.4) is 0 Å². The zero-order valence-electron chi connectivity index (χ0n) is 13.3. The van der Waals surface area contributed by atoms with E-state index in [1.165, 1.54) is 5.56 Å². The van der Waals surface area contributed by atoms with E-state index >= 15 is 0 Å². The fraction of sp³-hybridized carbons (Fsp3) is 0.529.